The van der Waals surface area contributed by atoms with Crippen LogP contribution in [0.15, 0.2) is 84.9 Å². The Morgan fingerprint density at radius 1 is 0.710 bits per heavy atom. The van der Waals surface area contributed by atoms with Gasteiger partial charge in [0.15, 0.2) is 0 Å². The van der Waals surface area contributed by atoms with Gasteiger partial charge >= 0.3 is 0 Å². The van der Waals surface area contributed by atoms with Gasteiger partial charge < -0.3 is 4.90 Å². The number of aryl methyl sites for hydroxylation is 1. The van der Waals surface area contributed by atoms with Crippen LogP contribution in [0, 0.1) is 6.92 Å². The summed E-state index contributed by atoms with van der Waals surface area (Å²) in [6.45, 7) is 2.77. The summed E-state index contributed by atoms with van der Waals surface area (Å²) in [7, 11) is -3.56. The first-order chi connectivity index (χ1) is 14.8. The van der Waals surface area contributed by atoms with Gasteiger partial charge in [-0.1, -0.05) is 90.5 Å². The van der Waals surface area contributed by atoms with E-state index in [0.29, 0.717) is 13.1 Å². The van der Waals surface area contributed by atoms with Crippen LogP contribution in [0.4, 0.5) is 0 Å². The number of nitrogens with zero attached hydrogens (tertiary/aromatic N) is 2. The van der Waals surface area contributed by atoms with Crippen molar-refractivity contribution in [1.82, 2.24) is 9.21 Å². The molecule has 3 aromatic carbocycles. The van der Waals surface area contributed by atoms with Gasteiger partial charge in [-0.25, -0.2) is 8.42 Å². The van der Waals surface area contributed by atoms with E-state index in [2.05, 4.69) is 0 Å². The molecule has 0 aliphatic heterocycles. The average molecular weight is 437 g/mol. The normalized spacial score (nSPS) is 11.5. The smallest absolute Gasteiger partial charge is 0.238 e. The minimum Gasteiger partial charge on any atom is -0.333 e. The van der Waals surface area contributed by atoms with E-state index in [9.17, 15) is 13.2 Å². The molecule has 0 N–H and O–H groups in total. The molecule has 0 aliphatic rings. The third-order valence-corrected chi connectivity index (χ3v) is 6.24. The van der Waals surface area contributed by atoms with Gasteiger partial charge in [-0.15, -0.1) is 0 Å². The zero-order valence-electron chi connectivity index (χ0n) is 17.9. The summed E-state index contributed by atoms with van der Waals surface area (Å²) in [5.41, 5.74) is 3.94. The number of benzene rings is 3. The van der Waals surface area contributed by atoms with Crippen LogP contribution in [-0.2, 0) is 34.5 Å². The number of hydrogen-bond donors (Lipinski definition) is 0. The second-order valence-electron chi connectivity index (χ2n) is 7.74. The van der Waals surface area contributed by atoms with Gasteiger partial charge in [0.1, 0.15) is 0 Å². The van der Waals surface area contributed by atoms with Crippen LogP contribution in [0.3, 0.4) is 0 Å². The highest BCUT2D eigenvalue weighted by atomic mass is 32.2. The van der Waals surface area contributed by atoms with Crippen LogP contribution < -0.4 is 0 Å². The van der Waals surface area contributed by atoms with Crippen LogP contribution >= 0.6 is 0 Å². The van der Waals surface area contributed by atoms with Gasteiger partial charge in [0.2, 0.25) is 15.9 Å². The fourth-order valence-electron chi connectivity index (χ4n) is 3.28. The van der Waals surface area contributed by atoms with Crippen molar-refractivity contribution in [1.29, 1.82) is 0 Å². The standard InChI is InChI=1S/C25H28N2O3S/c1-21-13-15-24(16-14-21)19-27(31(2,29)30)20-25(28)26(17-22-9-5-3-6-10-22)18-23-11-7-4-8-12-23/h3-16H,17-20H2,1-2H3. The molecule has 1 amide bonds. The number of rotatable bonds is 9. The molecule has 3 rings (SSSR count). The van der Waals surface area contributed by atoms with Gasteiger partial charge in [0.05, 0.1) is 12.8 Å². The molecule has 0 aromatic heterocycles. The van der Waals surface area contributed by atoms with E-state index in [1.807, 2.05) is 91.9 Å². The molecule has 0 aliphatic carbocycles. The van der Waals surface area contributed by atoms with Crippen molar-refractivity contribution in [3.8, 4) is 0 Å². The summed E-state index contributed by atoms with van der Waals surface area (Å²) < 4.78 is 26.1. The first-order valence-electron chi connectivity index (χ1n) is 10.2. The van der Waals surface area contributed by atoms with Gasteiger partial charge in [0.25, 0.3) is 0 Å². The Morgan fingerprint density at radius 2 is 1.16 bits per heavy atom. The molecule has 0 unspecified atom stereocenters. The van der Waals surface area contributed by atoms with E-state index in [-0.39, 0.29) is 19.0 Å². The molecule has 3 aromatic rings. The van der Waals surface area contributed by atoms with Gasteiger partial charge in [-0.2, -0.15) is 4.31 Å². The lowest BCUT2D eigenvalue weighted by molar-refractivity contribution is -0.132. The summed E-state index contributed by atoms with van der Waals surface area (Å²) in [6.07, 6.45) is 1.15. The fourth-order valence-corrected chi connectivity index (χ4v) is 4.01. The molecule has 162 valence electrons. The zero-order valence-corrected chi connectivity index (χ0v) is 18.8. The van der Waals surface area contributed by atoms with Crippen molar-refractivity contribution in [2.45, 2.75) is 26.6 Å². The lowest BCUT2D eigenvalue weighted by atomic mass is 10.1. The molecule has 0 atom stereocenters. The lowest BCUT2D eigenvalue weighted by Crippen LogP contribution is -2.41. The van der Waals surface area contributed by atoms with Crippen molar-refractivity contribution in [3.05, 3.63) is 107 Å². The lowest BCUT2D eigenvalue weighted by Gasteiger charge is -2.27. The molecule has 6 heteroatoms. The summed E-state index contributed by atoms with van der Waals surface area (Å²) in [5.74, 6) is -0.231. The number of amides is 1. The number of carbonyl (C=O) groups is 1. The van der Waals surface area contributed by atoms with E-state index in [1.54, 1.807) is 4.90 Å². The van der Waals surface area contributed by atoms with Gasteiger partial charge in [-0.3, -0.25) is 4.79 Å². The molecule has 0 heterocycles. The van der Waals surface area contributed by atoms with Gasteiger partial charge in [0, 0.05) is 19.6 Å². The maximum Gasteiger partial charge on any atom is 0.238 e. The molecule has 5 nitrogen and oxygen atoms in total. The number of carbonyl (C=O) groups excluding carboxylic acids is 1. The molecule has 0 radical (unpaired) electrons. The molecule has 0 bridgehead atoms. The third-order valence-electron chi connectivity index (χ3n) is 5.05. The Morgan fingerprint density at radius 3 is 1.61 bits per heavy atom. The van der Waals surface area contributed by atoms with Crippen molar-refractivity contribution in [2.75, 3.05) is 12.8 Å². The minimum atomic E-state index is -3.56. The monoisotopic (exact) mass is 436 g/mol. The van der Waals surface area contributed by atoms with E-state index in [1.165, 1.54) is 4.31 Å². The van der Waals surface area contributed by atoms with Crippen LogP contribution in [0.1, 0.15) is 22.3 Å². The number of hydrogen-bond acceptors (Lipinski definition) is 3. The Balaban J connectivity index is 1.80. The molecule has 0 saturated heterocycles. The molecule has 0 fully saturated rings. The second kappa shape index (κ2) is 10.4. The maximum absolute atomic E-state index is 13.3. The third kappa shape index (κ3) is 7.05. The van der Waals surface area contributed by atoms with E-state index in [0.717, 1.165) is 28.5 Å². The number of sulfonamides is 1. The van der Waals surface area contributed by atoms with Gasteiger partial charge in [-0.05, 0) is 23.6 Å². The molecular weight excluding hydrogens is 408 g/mol. The van der Waals surface area contributed by atoms with Crippen molar-refractivity contribution >= 4 is 15.9 Å². The maximum atomic E-state index is 13.3. The Kier molecular flexibility index (Phi) is 7.60. The Bertz CT molecular complexity index is 1040. The quantitative estimate of drug-likeness (QED) is 0.510. The summed E-state index contributed by atoms with van der Waals surface area (Å²) >= 11 is 0. The predicted octanol–water partition coefficient (Wildman–Crippen LogP) is 3.99. The predicted molar refractivity (Wildman–Crippen MR) is 124 cm³/mol. The van der Waals surface area contributed by atoms with Crippen LogP contribution in [0.2, 0.25) is 0 Å². The highest BCUT2D eigenvalue weighted by molar-refractivity contribution is 7.88. The van der Waals surface area contributed by atoms with Crippen molar-refractivity contribution in [3.63, 3.8) is 0 Å². The molecule has 0 saturated carbocycles. The first-order valence-corrected chi connectivity index (χ1v) is 12.0. The Labute approximate surface area is 185 Å². The summed E-state index contributed by atoms with van der Waals surface area (Å²) in [4.78, 5) is 15.0. The Hall–Kier alpha value is -2.96. The molecular formula is C25H28N2O3S. The van der Waals surface area contributed by atoms with E-state index >= 15 is 0 Å². The highest BCUT2D eigenvalue weighted by Gasteiger charge is 2.24. The fraction of sp³-hybridized carbons (Fsp3) is 0.240. The first kappa shape index (κ1) is 22.7. The molecule has 0 spiro atoms. The average Bonchev–Trinajstić information content (AvgIpc) is 2.75. The minimum absolute atomic E-state index is 0.162. The zero-order chi connectivity index (χ0) is 22.3. The topological polar surface area (TPSA) is 57.7 Å². The highest BCUT2D eigenvalue weighted by Crippen LogP contribution is 2.14. The van der Waals surface area contributed by atoms with E-state index in [4.69, 9.17) is 0 Å². The van der Waals surface area contributed by atoms with Crippen LogP contribution in [0.5, 0.6) is 0 Å². The summed E-state index contributed by atoms with van der Waals surface area (Å²) in [5, 5.41) is 0. The van der Waals surface area contributed by atoms with Crippen molar-refractivity contribution < 1.29 is 13.2 Å². The molecule has 31 heavy (non-hydrogen) atoms. The second-order valence-corrected chi connectivity index (χ2v) is 9.72. The van der Waals surface area contributed by atoms with Crippen LogP contribution in [-0.4, -0.2) is 36.3 Å². The van der Waals surface area contributed by atoms with E-state index < -0.39 is 10.0 Å². The van der Waals surface area contributed by atoms with Crippen LogP contribution in [0.25, 0.3) is 0 Å². The summed E-state index contributed by atoms with van der Waals surface area (Å²) in [6, 6.07) is 27.1. The SMILES string of the molecule is Cc1ccc(CN(CC(=O)N(Cc2ccccc2)Cc2ccccc2)S(C)(=O)=O)cc1. The van der Waals surface area contributed by atoms with Crippen molar-refractivity contribution in [2.24, 2.45) is 0 Å². The largest absolute Gasteiger partial charge is 0.333 e.